The van der Waals surface area contributed by atoms with Crippen molar-refractivity contribution < 1.29 is 0 Å². The number of rotatable bonds is 2. The van der Waals surface area contributed by atoms with Gasteiger partial charge in [0.1, 0.15) is 0 Å². The maximum absolute atomic E-state index is 2.42. The van der Waals surface area contributed by atoms with Gasteiger partial charge in [-0.3, -0.25) is 0 Å². The molecule has 3 aromatic rings. The molecule has 0 aliphatic carbocycles. The Bertz CT molecular complexity index is 797. The molecule has 0 radical (unpaired) electrons. The van der Waals surface area contributed by atoms with E-state index in [2.05, 4.69) is 92.7 Å². The van der Waals surface area contributed by atoms with Crippen LogP contribution in [0.2, 0.25) is 0 Å². The summed E-state index contributed by atoms with van der Waals surface area (Å²) in [6, 6.07) is 29.6. The zero-order valence-electron chi connectivity index (χ0n) is 14.4. The molecule has 0 amide bonds. The van der Waals surface area contributed by atoms with Gasteiger partial charge in [0.15, 0.2) is 0 Å². The van der Waals surface area contributed by atoms with E-state index in [4.69, 9.17) is 0 Å². The zero-order chi connectivity index (χ0) is 16.6. The van der Waals surface area contributed by atoms with Gasteiger partial charge in [-0.05, 0) is 42.3 Å². The Morgan fingerprint density at radius 2 is 1.38 bits per heavy atom. The molecule has 0 fully saturated rings. The Hall–Kier alpha value is -1.91. The van der Waals surface area contributed by atoms with Crippen LogP contribution in [-0.4, -0.2) is 6.16 Å². The summed E-state index contributed by atoms with van der Waals surface area (Å²) >= 11 is 0. The lowest BCUT2D eigenvalue weighted by Gasteiger charge is -2.35. The van der Waals surface area contributed by atoms with Crippen LogP contribution in [0.5, 0.6) is 0 Å². The second kappa shape index (κ2) is 6.19. The molecule has 1 heterocycles. The first kappa shape index (κ1) is 15.6. The first-order chi connectivity index (χ1) is 11.7. The van der Waals surface area contributed by atoms with Crippen molar-refractivity contribution in [3.8, 4) is 0 Å². The number of hydrogen-bond acceptors (Lipinski definition) is 0. The molecule has 1 aliphatic rings. The average molecular weight is 331 g/mol. The Morgan fingerprint density at radius 3 is 1.96 bits per heavy atom. The van der Waals surface area contributed by atoms with E-state index in [0.717, 1.165) is 0 Å². The molecule has 0 aromatic heterocycles. The van der Waals surface area contributed by atoms with E-state index < -0.39 is 7.26 Å². The van der Waals surface area contributed by atoms with Crippen molar-refractivity contribution in [3.05, 3.63) is 95.6 Å². The topological polar surface area (TPSA) is 0 Å². The third-order valence-electron chi connectivity index (χ3n) is 5.36. The van der Waals surface area contributed by atoms with E-state index in [1.807, 2.05) is 0 Å². The van der Waals surface area contributed by atoms with Crippen LogP contribution in [0.3, 0.4) is 0 Å². The molecule has 0 spiro atoms. The van der Waals surface area contributed by atoms with Crippen LogP contribution in [0.25, 0.3) is 0 Å². The van der Waals surface area contributed by atoms with Crippen molar-refractivity contribution in [2.24, 2.45) is 0 Å². The molecule has 0 nitrogen and oxygen atoms in total. The predicted octanol–water partition coefficient (Wildman–Crippen LogP) is 5.28. The fraction of sp³-hybridized carbons (Fsp3) is 0.217. The molecule has 120 valence electrons. The second-order valence-electron chi connectivity index (χ2n) is 7.08. The first-order valence-electron chi connectivity index (χ1n) is 8.77. The maximum Gasteiger partial charge on any atom is 0.0995 e. The highest BCUT2D eigenvalue weighted by Crippen LogP contribution is 2.64. The smallest absolute Gasteiger partial charge is 0.0620 e. The molecule has 1 atom stereocenters. The van der Waals surface area contributed by atoms with E-state index in [-0.39, 0.29) is 0 Å². The molecule has 0 saturated carbocycles. The van der Waals surface area contributed by atoms with Gasteiger partial charge in [0.2, 0.25) is 0 Å². The second-order valence-corrected chi connectivity index (χ2v) is 10.7. The number of fused-ring (bicyclic) bond motifs is 1. The molecule has 0 saturated heterocycles. The minimum Gasteiger partial charge on any atom is -0.0620 e. The average Bonchev–Trinajstić information content (AvgIpc) is 2.62. The summed E-state index contributed by atoms with van der Waals surface area (Å²) in [5.74, 6) is 0.614. The van der Waals surface area contributed by atoms with Gasteiger partial charge < -0.3 is 0 Å². The molecule has 4 rings (SSSR count). The minimum absolute atomic E-state index is 0.614. The van der Waals surface area contributed by atoms with Crippen LogP contribution in [0.1, 0.15) is 29.5 Å². The SMILES string of the molecule is Cc1ccc2c(c1)C[P+](c1ccccc1)(c1ccccc1)C[C@@H]2C. The molecule has 1 aliphatic heterocycles. The fourth-order valence-corrected chi connectivity index (χ4v) is 8.93. The lowest BCUT2D eigenvalue weighted by molar-refractivity contribution is 0.839. The van der Waals surface area contributed by atoms with Crippen LogP contribution in [-0.2, 0) is 6.16 Å². The highest BCUT2D eigenvalue weighted by molar-refractivity contribution is 7.89. The van der Waals surface area contributed by atoms with E-state index in [9.17, 15) is 0 Å². The Morgan fingerprint density at radius 1 is 0.792 bits per heavy atom. The molecule has 1 heteroatoms. The lowest BCUT2D eigenvalue weighted by atomic mass is 9.96. The Balaban J connectivity index is 1.93. The fourth-order valence-electron chi connectivity index (χ4n) is 4.24. The van der Waals surface area contributed by atoms with E-state index in [0.29, 0.717) is 5.92 Å². The van der Waals surface area contributed by atoms with Crippen LogP contribution in [0, 0.1) is 6.92 Å². The van der Waals surface area contributed by atoms with Gasteiger partial charge in [-0.2, -0.15) is 0 Å². The van der Waals surface area contributed by atoms with Gasteiger partial charge in [-0.15, -0.1) is 0 Å². The lowest BCUT2D eigenvalue weighted by Crippen LogP contribution is -2.31. The minimum atomic E-state index is -1.40. The highest BCUT2D eigenvalue weighted by atomic mass is 31.2. The van der Waals surface area contributed by atoms with Crippen molar-refractivity contribution in [2.45, 2.75) is 25.9 Å². The molecule has 0 bridgehead atoms. The van der Waals surface area contributed by atoms with Gasteiger partial charge in [-0.1, -0.05) is 67.1 Å². The summed E-state index contributed by atoms with van der Waals surface area (Å²) in [5.41, 5.74) is 4.50. The molecule has 0 N–H and O–H groups in total. The van der Waals surface area contributed by atoms with Crippen molar-refractivity contribution in [2.75, 3.05) is 6.16 Å². The van der Waals surface area contributed by atoms with Gasteiger partial charge >= 0.3 is 0 Å². The van der Waals surface area contributed by atoms with Gasteiger partial charge in [0.05, 0.1) is 30.2 Å². The third-order valence-corrected chi connectivity index (χ3v) is 9.98. The van der Waals surface area contributed by atoms with Gasteiger partial charge in [-0.25, -0.2) is 0 Å². The quantitative estimate of drug-likeness (QED) is 0.560. The first-order valence-corrected chi connectivity index (χ1v) is 10.9. The number of aryl methyl sites for hydroxylation is 1. The van der Waals surface area contributed by atoms with Crippen molar-refractivity contribution in [1.29, 1.82) is 0 Å². The maximum atomic E-state index is 2.42. The van der Waals surface area contributed by atoms with E-state index in [1.165, 1.54) is 17.9 Å². The Kier molecular flexibility index (Phi) is 4.02. The van der Waals surface area contributed by atoms with Crippen molar-refractivity contribution >= 4 is 17.9 Å². The zero-order valence-corrected chi connectivity index (χ0v) is 15.3. The predicted molar refractivity (Wildman–Crippen MR) is 107 cm³/mol. The monoisotopic (exact) mass is 331 g/mol. The molecule has 24 heavy (non-hydrogen) atoms. The van der Waals surface area contributed by atoms with Crippen LogP contribution in [0.15, 0.2) is 78.9 Å². The van der Waals surface area contributed by atoms with Gasteiger partial charge in [0, 0.05) is 5.92 Å². The summed E-state index contributed by atoms with van der Waals surface area (Å²) in [7, 11) is -1.40. The van der Waals surface area contributed by atoms with E-state index >= 15 is 0 Å². The molecule has 0 unspecified atom stereocenters. The van der Waals surface area contributed by atoms with Crippen LogP contribution < -0.4 is 10.6 Å². The standard InChI is InChI=1S/C23H24P/c1-18-13-14-23-19(2)16-24(17-20(23)15-18,21-9-5-3-6-10-21)22-11-7-4-8-12-22/h3-15,19H,16-17H2,1-2H3/q+1/t19-/m0/s1. The summed E-state index contributed by atoms with van der Waals surface area (Å²) in [6.07, 6.45) is 2.47. The molecular formula is C23H24P+. The summed E-state index contributed by atoms with van der Waals surface area (Å²) in [6.45, 7) is 4.62. The highest BCUT2D eigenvalue weighted by Gasteiger charge is 2.47. The molecular weight excluding hydrogens is 307 g/mol. The molecule has 3 aromatic carbocycles. The van der Waals surface area contributed by atoms with Crippen molar-refractivity contribution in [3.63, 3.8) is 0 Å². The summed E-state index contributed by atoms with van der Waals surface area (Å²) in [5, 5.41) is 3.10. The normalized spacial score (nSPS) is 18.8. The Labute approximate surface area is 145 Å². The van der Waals surface area contributed by atoms with Gasteiger partial charge in [0.25, 0.3) is 0 Å². The number of hydrogen-bond donors (Lipinski definition) is 0. The van der Waals surface area contributed by atoms with Crippen LogP contribution >= 0.6 is 7.26 Å². The van der Waals surface area contributed by atoms with Crippen molar-refractivity contribution in [1.82, 2.24) is 0 Å². The summed E-state index contributed by atoms with van der Waals surface area (Å²) in [4.78, 5) is 0. The third kappa shape index (κ3) is 2.60. The largest absolute Gasteiger partial charge is 0.0995 e. The van der Waals surface area contributed by atoms with E-state index in [1.54, 1.807) is 21.7 Å². The summed E-state index contributed by atoms with van der Waals surface area (Å²) < 4.78 is 0. The number of benzene rings is 3. The van der Waals surface area contributed by atoms with Crippen LogP contribution in [0.4, 0.5) is 0 Å².